The second kappa shape index (κ2) is 3.91. The molecule has 0 aliphatic carbocycles. The van der Waals surface area contributed by atoms with E-state index >= 15 is 0 Å². The zero-order valence-corrected chi connectivity index (χ0v) is 6.91. The maximum atomic E-state index is 11.8. The Bertz CT molecular complexity index is 354. The van der Waals surface area contributed by atoms with E-state index in [0.29, 0.717) is 0 Å². The number of rotatable bonds is 3. The molecule has 0 amide bonds. The number of anilines is 1. The van der Waals surface area contributed by atoms with Gasteiger partial charge in [-0.3, -0.25) is 0 Å². The quantitative estimate of drug-likeness (QED) is 0.731. The minimum absolute atomic E-state index is 0.158. The molecule has 0 saturated carbocycles. The lowest BCUT2D eigenvalue weighted by Crippen LogP contribution is -2.08. The number of nitrogens with two attached hydrogens (primary N) is 1. The number of hydrogen-bond donors (Lipinski definition) is 2. The minimum Gasteiger partial charge on any atom is -0.478 e. The fraction of sp³-hybridized carbons (Fsp3) is 0.125. The Kier molecular flexibility index (Phi) is 2.85. The van der Waals surface area contributed by atoms with E-state index in [1.165, 1.54) is 6.07 Å². The first-order chi connectivity index (χ1) is 6.50. The van der Waals surface area contributed by atoms with Gasteiger partial charge in [0.05, 0.1) is 0 Å². The number of carboxylic acid groups (broad SMARTS) is 1. The van der Waals surface area contributed by atoms with E-state index in [4.69, 9.17) is 10.8 Å². The molecule has 0 aliphatic rings. The average molecular weight is 203 g/mol. The number of carboxylic acids is 1. The SMILES string of the molecule is Nc1ccc(C(=O)O)c(OC(F)F)c1. The van der Waals surface area contributed by atoms with Crippen LogP contribution >= 0.6 is 0 Å². The molecule has 1 rings (SSSR count). The lowest BCUT2D eigenvalue weighted by atomic mass is 10.2. The van der Waals surface area contributed by atoms with Crippen LogP contribution < -0.4 is 10.5 Å². The summed E-state index contributed by atoms with van der Waals surface area (Å²) in [5.74, 6) is -1.78. The van der Waals surface area contributed by atoms with E-state index in [-0.39, 0.29) is 11.3 Å². The molecule has 0 spiro atoms. The summed E-state index contributed by atoms with van der Waals surface area (Å²) in [6.07, 6.45) is 0. The van der Waals surface area contributed by atoms with Crippen molar-refractivity contribution in [1.29, 1.82) is 0 Å². The Labute approximate surface area is 77.9 Å². The molecule has 76 valence electrons. The molecule has 0 atom stereocenters. The van der Waals surface area contributed by atoms with Gasteiger partial charge in [0.25, 0.3) is 0 Å². The normalized spacial score (nSPS) is 10.2. The van der Waals surface area contributed by atoms with Gasteiger partial charge in [0.1, 0.15) is 11.3 Å². The van der Waals surface area contributed by atoms with Crippen LogP contribution in [0, 0.1) is 0 Å². The number of aromatic carboxylic acids is 1. The standard InChI is InChI=1S/C8H7F2NO3/c9-8(10)14-6-3-4(11)1-2-5(6)7(12)13/h1-3,8H,11H2,(H,12,13). The van der Waals surface area contributed by atoms with Crippen LogP contribution in [-0.2, 0) is 0 Å². The first-order valence-corrected chi connectivity index (χ1v) is 3.58. The first kappa shape index (κ1) is 10.2. The monoisotopic (exact) mass is 203 g/mol. The number of nitrogen functional groups attached to an aromatic ring is 1. The Morgan fingerprint density at radius 1 is 1.50 bits per heavy atom. The van der Waals surface area contributed by atoms with Gasteiger partial charge >= 0.3 is 12.6 Å². The summed E-state index contributed by atoms with van der Waals surface area (Å²) < 4.78 is 27.7. The van der Waals surface area contributed by atoms with Gasteiger partial charge in [-0.15, -0.1) is 0 Å². The summed E-state index contributed by atoms with van der Waals surface area (Å²) in [6, 6.07) is 3.44. The van der Waals surface area contributed by atoms with Crippen molar-refractivity contribution in [2.45, 2.75) is 6.61 Å². The lowest BCUT2D eigenvalue weighted by Gasteiger charge is -2.07. The number of halogens is 2. The highest BCUT2D eigenvalue weighted by Gasteiger charge is 2.14. The van der Waals surface area contributed by atoms with Crippen LogP contribution in [0.1, 0.15) is 10.4 Å². The van der Waals surface area contributed by atoms with Crippen LogP contribution in [0.5, 0.6) is 5.75 Å². The summed E-state index contributed by atoms with van der Waals surface area (Å²) in [7, 11) is 0. The lowest BCUT2D eigenvalue weighted by molar-refractivity contribution is -0.0502. The van der Waals surface area contributed by atoms with Crippen LogP contribution in [0.2, 0.25) is 0 Å². The second-order valence-corrected chi connectivity index (χ2v) is 2.44. The summed E-state index contributed by atoms with van der Waals surface area (Å²) >= 11 is 0. The minimum atomic E-state index is -3.07. The molecule has 0 fully saturated rings. The maximum absolute atomic E-state index is 11.8. The highest BCUT2D eigenvalue weighted by molar-refractivity contribution is 5.91. The van der Waals surface area contributed by atoms with E-state index in [1.807, 2.05) is 0 Å². The number of ether oxygens (including phenoxy) is 1. The van der Waals surface area contributed by atoms with Crippen molar-refractivity contribution in [3.05, 3.63) is 23.8 Å². The number of hydrogen-bond acceptors (Lipinski definition) is 3. The largest absolute Gasteiger partial charge is 0.478 e. The van der Waals surface area contributed by atoms with Gasteiger partial charge in [0.15, 0.2) is 0 Å². The van der Waals surface area contributed by atoms with E-state index < -0.39 is 18.3 Å². The topological polar surface area (TPSA) is 72.6 Å². The van der Waals surface area contributed by atoms with Gasteiger partial charge < -0.3 is 15.6 Å². The Morgan fingerprint density at radius 2 is 2.14 bits per heavy atom. The molecule has 1 aromatic rings. The molecule has 0 aliphatic heterocycles. The van der Waals surface area contributed by atoms with Crippen LogP contribution in [0.3, 0.4) is 0 Å². The first-order valence-electron chi connectivity index (χ1n) is 3.58. The molecule has 0 bridgehead atoms. The van der Waals surface area contributed by atoms with Gasteiger partial charge in [0.2, 0.25) is 0 Å². The van der Waals surface area contributed by atoms with E-state index in [0.717, 1.165) is 12.1 Å². The Morgan fingerprint density at radius 3 is 2.64 bits per heavy atom. The molecular formula is C8H7F2NO3. The predicted molar refractivity (Wildman–Crippen MR) is 44.4 cm³/mol. The van der Waals surface area contributed by atoms with Gasteiger partial charge in [-0.2, -0.15) is 8.78 Å². The number of alkyl halides is 2. The molecule has 4 nitrogen and oxygen atoms in total. The van der Waals surface area contributed by atoms with Crippen molar-refractivity contribution in [1.82, 2.24) is 0 Å². The molecular weight excluding hydrogens is 196 g/mol. The van der Waals surface area contributed by atoms with Crippen molar-refractivity contribution in [3.63, 3.8) is 0 Å². The molecule has 0 saturated heterocycles. The third kappa shape index (κ3) is 2.32. The van der Waals surface area contributed by atoms with E-state index in [2.05, 4.69) is 4.74 Å². The second-order valence-electron chi connectivity index (χ2n) is 2.44. The molecule has 0 unspecified atom stereocenters. The molecule has 1 aromatic carbocycles. The van der Waals surface area contributed by atoms with Crippen LogP contribution in [-0.4, -0.2) is 17.7 Å². The third-order valence-electron chi connectivity index (χ3n) is 1.45. The summed E-state index contributed by atoms with van der Waals surface area (Å²) in [5.41, 5.74) is 5.10. The van der Waals surface area contributed by atoms with Crippen LogP contribution in [0.15, 0.2) is 18.2 Å². The van der Waals surface area contributed by atoms with Crippen LogP contribution in [0.25, 0.3) is 0 Å². The third-order valence-corrected chi connectivity index (χ3v) is 1.45. The molecule has 0 heterocycles. The molecule has 14 heavy (non-hydrogen) atoms. The Balaban J connectivity index is 3.09. The fourth-order valence-electron chi connectivity index (χ4n) is 0.909. The predicted octanol–water partition coefficient (Wildman–Crippen LogP) is 1.57. The van der Waals surface area contributed by atoms with Gasteiger partial charge in [0, 0.05) is 11.8 Å². The average Bonchev–Trinajstić information content (AvgIpc) is 2.01. The van der Waals surface area contributed by atoms with Gasteiger partial charge in [-0.25, -0.2) is 4.79 Å². The summed E-state index contributed by atoms with van der Waals surface area (Å²) in [4.78, 5) is 10.5. The molecule has 0 aromatic heterocycles. The number of carbonyl (C=O) groups is 1. The van der Waals surface area contributed by atoms with Crippen LogP contribution in [0.4, 0.5) is 14.5 Å². The fourth-order valence-corrected chi connectivity index (χ4v) is 0.909. The van der Waals surface area contributed by atoms with Gasteiger partial charge in [-0.05, 0) is 12.1 Å². The van der Waals surface area contributed by atoms with Crippen molar-refractivity contribution in [2.24, 2.45) is 0 Å². The molecule has 6 heteroatoms. The summed E-state index contributed by atoms with van der Waals surface area (Å²) in [6.45, 7) is -3.07. The molecule has 3 N–H and O–H groups in total. The highest BCUT2D eigenvalue weighted by atomic mass is 19.3. The van der Waals surface area contributed by atoms with E-state index in [1.54, 1.807) is 0 Å². The van der Waals surface area contributed by atoms with Crippen molar-refractivity contribution < 1.29 is 23.4 Å². The highest BCUT2D eigenvalue weighted by Crippen LogP contribution is 2.23. The van der Waals surface area contributed by atoms with Crippen molar-refractivity contribution in [2.75, 3.05) is 5.73 Å². The maximum Gasteiger partial charge on any atom is 0.387 e. The zero-order chi connectivity index (χ0) is 10.7. The molecule has 0 radical (unpaired) electrons. The van der Waals surface area contributed by atoms with Crippen molar-refractivity contribution in [3.8, 4) is 5.75 Å². The number of benzene rings is 1. The van der Waals surface area contributed by atoms with E-state index in [9.17, 15) is 13.6 Å². The summed E-state index contributed by atoms with van der Waals surface area (Å²) in [5, 5.41) is 8.60. The van der Waals surface area contributed by atoms with Crippen molar-refractivity contribution >= 4 is 11.7 Å². The Hall–Kier alpha value is -1.85. The van der Waals surface area contributed by atoms with Gasteiger partial charge in [-0.1, -0.05) is 0 Å². The zero-order valence-electron chi connectivity index (χ0n) is 6.91. The smallest absolute Gasteiger partial charge is 0.387 e.